The summed E-state index contributed by atoms with van der Waals surface area (Å²) >= 11 is 0. The molecule has 0 aliphatic carbocycles. The van der Waals surface area contributed by atoms with Crippen molar-refractivity contribution in [1.82, 2.24) is 15.2 Å². The van der Waals surface area contributed by atoms with E-state index in [4.69, 9.17) is 4.74 Å². The van der Waals surface area contributed by atoms with Gasteiger partial charge in [0.15, 0.2) is 12.3 Å². The summed E-state index contributed by atoms with van der Waals surface area (Å²) in [4.78, 5) is 16.5. The van der Waals surface area contributed by atoms with Gasteiger partial charge in [-0.1, -0.05) is 48.5 Å². The molecule has 0 atom stereocenters. The second kappa shape index (κ2) is 7.06. The van der Waals surface area contributed by atoms with E-state index >= 15 is 0 Å². The molecule has 0 unspecified atom stereocenters. The number of H-pyrrole nitrogens is 1. The zero-order valence-corrected chi connectivity index (χ0v) is 13.8. The van der Waals surface area contributed by atoms with Crippen LogP contribution >= 0.6 is 0 Å². The standard InChI is InChI=1S/C20H16N4O2/c25-18(13-26-16-9-5-2-6-10-16)22-20-17-11-15(12-21-19(17)23-24-20)14-7-3-1-4-8-14/h1-12H,13H2,(H2,21,22,23,24,25). The number of pyridine rings is 1. The Balaban J connectivity index is 1.52. The first kappa shape index (κ1) is 15.8. The molecule has 0 saturated carbocycles. The molecule has 2 aromatic carbocycles. The van der Waals surface area contributed by atoms with Crippen molar-refractivity contribution in [3.63, 3.8) is 0 Å². The van der Waals surface area contributed by atoms with Crippen LogP contribution in [0.5, 0.6) is 5.75 Å². The summed E-state index contributed by atoms with van der Waals surface area (Å²) in [6.07, 6.45) is 1.77. The van der Waals surface area contributed by atoms with Crippen molar-refractivity contribution in [2.75, 3.05) is 11.9 Å². The van der Waals surface area contributed by atoms with Crippen LogP contribution in [0.15, 0.2) is 72.9 Å². The molecule has 0 fully saturated rings. The van der Waals surface area contributed by atoms with Gasteiger partial charge in [-0.15, -0.1) is 0 Å². The van der Waals surface area contributed by atoms with Crippen LogP contribution in [0.4, 0.5) is 5.82 Å². The Kier molecular flexibility index (Phi) is 4.30. The van der Waals surface area contributed by atoms with Gasteiger partial charge >= 0.3 is 0 Å². The molecule has 0 spiro atoms. The smallest absolute Gasteiger partial charge is 0.263 e. The van der Waals surface area contributed by atoms with Crippen molar-refractivity contribution >= 4 is 22.8 Å². The molecule has 1 amide bonds. The molecular formula is C20H16N4O2. The SMILES string of the molecule is O=C(COc1ccccc1)Nc1[nH]nc2ncc(-c3ccccc3)cc12. The fourth-order valence-corrected chi connectivity index (χ4v) is 2.62. The number of aromatic nitrogens is 3. The zero-order valence-electron chi connectivity index (χ0n) is 13.8. The van der Waals surface area contributed by atoms with E-state index < -0.39 is 0 Å². The Morgan fingerprint density at radius 2 is 1.73 bits per heavy atom. The molecule has 2 heterocycles. The number of ether oxygens (including phenoxy) is 1. The normalized spacial score (nSPS) is 10.6. The maximum Gasteiger partial charge on any atom is 0.263 e. The Bertz CT molecular complexity index is 1030. The van der Waals surface area contributed by atoms with Gasteiger partial charge < -0.3 is 10.1 Å². The van der Waals surface area contributed by atoms with Crippen LogP contribution in [0.3, 0.4) is 0 Å². The molecule has 26 heavy (non-hydrogen) atoms. The van der Waals surface area contributed by atoms with Crippen molar-refractivity contribution in [3.05, 3.63) is 72.9 Å². The first-order valence-electron chi connectivity index (χ1n) is 8.17. The molecular weight excluding hydrogens is 328 g/mol. The summed E-state index contributed by atoms with van der Waals surface area (Å²) in [5.41, 5.74) is 2.55. The number of carbonyl (C=O) groups excluding carboxylic acids is 1. The molecule has 128 valence electrons. The summed E-state index contributed by atoms with van der Waals surface area (Å²) in [6, 6.07) is 21.1. The van der Waals surface area contributed by atoms with E-state index in [0.29, 0.717) is 17.2 Å². The highest BCUT2D eigenvalue weighted by Gasteiger charge is 2.12. The van der Waals surface area contributed by atoms with Gasteiger partial charge in [0.25, 0.3) is 5.91 Å². The van der Waals surface area contributed by atoms with Crippen LogP contribution in [0.1, 0.15) is 0 Å². The van der Waals surface area contributed by atoms with E-state index in [1.54, 1.807) is 18.3 Å². The summed E-state index contributed by atoms with van der Waals surface area (Å²) < 4.78 is 5.46. The van der Waals surface area contributed by atoms with E-state index in [9.17, 15) is 4.79 Å². The minimum atomic E-state index is -0.274. The van der Waals surface area contributed by atoms with E-state index in [-0.39, 0.29) is 12.5 Å². The number of rotatable bonds is 5. The monoisotopic (exact) mass is 344 g/mol. The molecule has 0 saturated heterocycles. The van der Waals surface area contributed by atoms with Crippen LogP contribution in [0.25, 0.3) is 22.2 Å². The molecule has 0 radical (unpaired) electrons. The Labute approximate surface area is 149 Å². The summed E-state index contributed by atoms with van der Waals surface area (Å²) in [5, 5.41) is 10.5. The number of para-hydroxylation sites is 1. The summed E-state index contributed by atoms with van der Waals surface area (Å²) in [6.45, 7) is -0.0870. The minimum Gasteiger partial charge on any atom is -0.484 e. The average Bonchev–Trinajstić information content (AvgIpc) is 3.10. The second-order valence-electron chi connectivity index (χ2n) is 5.71. The van der Waals surface area contributed by atoms with Gasteiger partial charge in [0, 0.05) is 11.8 Å². The highest BCUT2D eigenvalue weighted by molar-refractivity contribution is 6.00. The minimum absolute atomic E-state index is 0.0870. The van der Waals surface area contributed by atoms with Gasteiger partial charge in [-0.25, -0.2) is 4.98 Å². The van der Waals surface area contributed by atoms with Gasteiger partial charge in [-0.2, -0.15) is 5.10 Å². The van der Waals surface area contributed by atoms with Gasteiger partial charge in [0.2, 0.25) is 0 Å². The van der Waals surface area contributed by atoms with Crippen molar-refractivity contribution < 1.29 is 9.53 Å². The third-order valence-corrected chi connectivity index (χ3v) is 3.89. The number of carbonyl (C=O) groups is 1. The van der Waals surface area contributed by atoms with Crippen LogP contribution in [-0.2, 0) is 4.79 Å². The van der Waals surface area contributed by atoms with Crippen molar-refractivity contribution in [2.24, 2.45) is 0 Å². The maximum absolute atomic E-state index is 12.2. The highest BCUT2D eigenvalue weighted by atomic mass is 16.5. The van der Waals surface area contributed by atoms with Crippen LogP contribution < -0.4 is 10.1 Å². The number of amides is 1. The number of anilines is 1. The lowest BCUT2D eigenvalue weighted by Gasteiger charge is -2.06. The molecule has 6 heteroatoms. The number of benzene rings is 2. The molecule has 2 aromatic heterocycles. The van der Waals surface area contributed by atoms with E-state index in [0.717, 1.165) is 16.5 Å². The number of aromatic amines is 1. The quantitative estimate of drug-likeness (QED) is 0.579. The Morgan fingerprint density at radius 3 is 2.50 bits per heavy atom. The van der Waals surface area contributed by atoms with E-state index in [2.05, 4.69) is 20.5 Å². The second-order valence-corrected chi connectivity index (χ2v) is 5.71. The molecule has 0 aliphatic heterocycles. The lowest BCUT2D eigenvalue weighted by atomic mass is 10.1. The van der Waals surface area contributed by atoms with Crippen LogP contribution in [0, 0.1) is 0 Å². The number of hydrogen-bond donors (Lipinski definition) is 2. The molecule has 0 aliphatic rings. The van der Waals surface area contributed by atoms with Crippen molar-refractivity contribution in [3.8, 4) is 16.9 Å². The summed E-state index contributed by atoms with van der Waals surface area (Å²) in [7, 11) is 0. The summed E-state index contributed by atoms with van der Waals surface area (Å²) in [5.74, 6) is 0.876. The van der Waals surface area contributed by atoms with Gasteiger partial charge in [-0.05, 0) is 23.8 Å². The molecule has 0 bridgehead atoms. The Morgan fingerprint density at radius 1 is 1.00 bits per heavy atom. The fourth-order valence-electron chi connectivity index (χ4n) is 2.62. The Hall–Kier alpha value is -3.67. The average molecular weight is 344 g/mol. The maximum atomic E-state index is 12.2. The number of fused-ring (bicyclic) bond motifs is 1. The largest absolute Gasteiger partial charge is 0.484 e. The number of nitrogens with zero attached hydrogens (tertiary/aromatic N) is 2. The van der Waals surface area contributed by atoms with Gasteiger partial charge in [0.05, 0.1) is 5.39 Å². The molecule has 2 N–H and O–H groups in total. The topological polar surface area (TPSA) is 79.9 Å². The van der Waals surface area contributed by atoms with E-state index in [1.165, 1.54) is 0 Å². The molecule has 6 nitrogen and oxygen atoms in total. The first-order chi connectivity index (χ1) is 12.8. The number of hydrogen-bond acceptors (Lipinski definition) is 4. The zero-order chi connectivity index (χ0) is 17.8. The van der Waals surface area contributed by atoms with Crippen LogP contribution in [-0.4, -0.2) is 27.7 Å². The molecule has 4 aromatic rings. The third kappa shape index (κ3) is 3.39. The fraction of sp³-hybridized carbons (Fsp3) is 0.0500. The predicted molar refractivity (Wildman–Crippen MR) is 99.9 cm³/mol. The van der Waals surface area contributed by atoms with Crippen molar-refractivity contribution in [1.29, 1.82) is 0 Å². The van der Waals surface area contributed by atoms with Crippen LogP contribution in [0.2, 0.25) is 0 Å². The highest BCUT2D eigenvalue weighted by Crippen LogP contribution is 2.25. The van der Waals surface area contributed by atoms with E-state index in [1.807, 2.05) is 54.6 Å². The van der Waals surface area contributed by atoms with Gasteiger partial charge in [0.1, 0.15) is 11.6 Å². The van der Waals surface area contributed by atoms with Gasteiger partial charge in [-0.3, -0.25) is 9.89 Å². The lowest BCUT2D eigenvalue weighted by Crippen LogP contribution is -2.20. The first-order valence-corrected chi connectivity index (χ1v) is 8.17. The lowest BCUT2D eigenvalue weighted by molar-refractivity contribution is -0.118. The van der Waals surface area contributed by atoms with Crippen molar-refractivity contribution in [2.45, 2.75) is 0 Å². The number of nitrogens with one attached hydrogen (secondary N) is 2. The predicted octanol–water partition coefficient (Wildman–Crippen LogP) is 3.64. The molecule has 4 rings (SSSR count). The third-order valence-electron chi connectivity index (χ3n) is 3.89.